The fourth-order valence-corrected chi connectivity index (χ4v) is 4.36. The first-order chi connectivity index (χ1) is 12.8. The number of rotatable bonds is 4. The van der Waals surface area contributed by atoms with Crippen molar-refractivity contribution in [3.63, 3.8) is 0 Å². The summed E-state index contributed by atoms with van der Waals surface area (Å²) in [6, 6.07) is 2.49. The third kappa shape index (κ3) is 3.76. The van der Waals surface area contributed by atoms with E-state index in [2.05, 4.69) is 5.32 Å². The van der Waals surface area contributed by atoms with Crippen LogP contribution in [0.5, 0.6) is 0 Å². The smallest absolute Gasteiger partial charge is 0.319 e. The molecule has 0 saturated carbocycles. The second kappa shape index (κ2) is 7.33. The number of nitrogens with zero attached hydrogens (tertiary/aromatic N) is 1. The van der Waals surface area contributed by atoms with Crippen molar-refractivity contribution in [3.8, 4) is 0 Å². The van der Waals surface area contributed by atoms with Gasteiger partial charge in [-0.25, -0.2) is 4.79 Å². The minimum absolute atomic E-state index is 0.0327. The fourth-order valence-electron chi connectivity index (χ4n) is 2.88. The van der Waals surface area contributed by atoms with Crippen LogP contribution in [0.2, 0.25) is 5.02 Å². The lowest BCUT2D eigenvalue weighted by Gasteiger charge is -2.09. The highest BCUT2D eigenvalue weighted by Crippen LogP contribution is 2.39. The molecule has 11 heteroatoms. The van der Waals surface area contributed by atoms with Crippen LogP contribution in [0, 0.1) is 10.1 Å². The molecule has 1 aliphatic rings. The average Bonchev–Trinajstić information content (AvgIpc) is 3.14. The first-order valence-electron chi connectivity index (χ1n) is 7.78. The van der Waals surface area contributed by atoms with Gasteiger partial charge in [0.05, 0.1) is 21.1 Å². The van der Waals surface area contributed by atoms with Crippen LogP contribution >= 0.6 is 22.9 Å². The van der Waals surface area contributed by atoms with Gasteiger partial charge in [0.15, 0.2) is 0 Å². The van der Waals surface area contributed by atoms with E-state index in [1.165, 1.54) is 23.5 Å². The number of urea groups is 1. The maximum absolute atomic E-state index is 12.6. The highest BCUT2D eigenvalue weighted by molar-refractivity contribution is 7.17. The summed E-state index contributed by atoms with van der Waals surface area (Å²) in [6.45, 7) is 0. The molecule has 9 nitrogen and oxygen atoms in total. The summed E-state index contributed by atoms with van der Waals surface area (Å²) in [5, 5.41) is 15.8. The number of halogens is 1. The number of benzene rings is 1. The molecule has 0 aliphatic heterocycles. The summed E-state index contributed by atoms with van der Waals surface area (Å²) in [6.07, 6.45) is 2.26. The van der Waals surface area contributed by atoms with Gasteiger partial charge < -0.3 is 11.1 Å². The van der Waals surface area contributed by atoms with Crippen molar-refractivity contribution in [3.05, 3.63) is 54.9 Å². The highest BCUT2D eigenvalue weighted by atomic mass is 35.5. The number of thiophene rings is 1. The van der Waals surface area contributed by atoms with Crippen molar-refractivity contribution in [2.75, 3.05) is 5.32 Å². The fraction of sp³-hybridized carbons (Fsp3) is 0.188. The highest BCUT2D eigenvalue weighted by Gasteiger charge is 2.28. The van der Waals surface area contributed by atoms with Crippen molar-refractivity contribution in [2.45, 2.75) is 19.3 Å². The molecule has 3 rings (SSSR count). The first-order valence-corrected chi connectivity index (χ1v) is 8.98. The second-order valence-corrected chi connectivity index (χ2v) is 7.27. The van der Waals surface area contributed by atoms with Crippen LogP contribution in [0.1, 0.15) is 37.6 Å². The molecular formula is C16H13ClN4O5S. The normalized spacial score (nSPS) is 12.3. The van der Waals surface area contributed by atoms with Gasteiger partial charge in [0.2, 0.25) is 0 Å². The lowest BCUT2D eigenvalue weighted by molar-refractivity contribution is -0.384. The number of carbonyl (C=O) groups is 3. The lowest BCUT2D eigenvalue weighted by Crippen LogP contribution is -2.35. The molecule has 1 heterocycles. The van der Waals surface area contributed by atoms with E-state index < -0.39 is 22.8 Å². The molecule has 0 saturated heterocycles. The zero-order valence-electron chi connectivity index (χ0n) is 13.7. The van der Waals surface area contributed by atoms with Gasteiger partial charge >= 0.3 is 6.03 Å². The summed E-state index contributed by atoms with van der Waals surface area (Å²) in [4.78, 5) is 47.2. The van der Waals surface area contributed by atoms with Gasteiger partial charge in [-0.2, -0.15) is 0 Å². The van der Waals surface area contributed by atoms with E-state index in [1.54, 1.807) is 0 Å². The number of hydrogen-bond acceptors (Lipinski definition) is 6. The van der Waals surface area contributed by atoms with Crippen molar-refractivity contribution >= 4 is 51.5 Å². The molecule has 0 unspecified atom stereocenters. The van der Waals surface area contributed by atoms with Crippen molar-refractivity contribution in [2.24, 2.45) is 5.73 Å². The van der Waals surface area contributed by atoms with Crippen molar-refractivity contribution < 1.29 is 19.3 Å². The summed E-state index contributed by atoms with van der Waals surface area (Å²) in [5.74, 6) is -1.40. The summed E-state index contributed by atoms with van der Waals surface area (Å²) >= 11 is 7.21. The third-order valence-corrected chi connectivity index (χ3v) is 5.55. The van der Waals surface area contributed by atoms with E-state index >= 15 is 0 Å². The number of non-ortho nitro benzene ring substituents is 1. The van der Waals surface area contributed by atoms with Crippen LogP contribution in [-0.2, 0) is 12.8 Å². The SMILES string of the molecule is NC(=O)NC(=O)c1c(NC(=O)c2cc([N+](=O)[O-])ccc2Cl)sc2c1CCC2. The molecule has 4 N–H and O–H groups in total. The Hall–Kier alpha value is -2.98. The number of primary amides is 1. The standard InChI is InChI=1S/C16H13ClN4O5S/c17-10-5-4-7(21(25)26)6-9(10)13(22)19-15-12(14(23)20-16(18)24)8-2-1-3-11(8)27-15/h4-6H,1-3H2,(H,19,22)(H3,18,20,23,24). The number of nitrogens with one attached hydrogen (secondary N) is 2. The molecule has 0 atom stereocenters. The predicted octanol–water partition coefficient (Wildman–Crippen LogP) is 2.86. The summed E-state index contributed by atoms with van der Waals surface area (Å²) < 4.78 is 0. The zero-order chi connectivity index (χ0) is 19.7. The van der Waals surface area contributed by atoms with Crippen LogP contribution in [0.3, 0.4) is 0 Å². The molecule has 0 radical (unpaired) electrons. The summed E-state index contributed by atoms with van der Waals surface area (Å²) in [7, 11) is 0. The molecule has 0 fully saturated rings. The van der Waals surface area contributed by atoms with Crippen LogP contribution in [0.25, 0.3) is 0 Å². The number of aryl methyl sites for hydroxylation is 1. The second-order valence-electron chi connectivity index (χ2n) is 5.76. The average molecular weight is 409 g/mol. The minimum Gasteiger partial charge on any atom is -0.351 e. The van der Waals surface area contributed by atoms with Crippen molar-refractivity contribution in [1.82, 2.24) is 5.32 Å². The quantitative estimate of drug-likeness (QED) is 0.526. The number of fused-ring (bicyclic) bond motifs is 1. The molecule has 1 aliphatic carbocycles. The van der Waals surface area contributed by atoms with E-state index in [4.69, 9.17) is 17.3 Å². The lowest BCUT2D eigenvalue weighted by atomic mass is 10.1. The van der Waals surface area contributed by atoms with Gasteiger partial charge in [0.25, 0.3) is 17.5 Å². The maximum atomic E-state index is 12.6. The number of nitro benzene ring substituents is 1. The Morgan fingerprint density at radius 3 is 2.63 bits per heavy atom. The van der Waals surface area contributed by atoms with Gasteiger partial charge in [-0.3, -0.25) is 25.0 Å². The number of nitrogens with two attached hydrogens (primary N) is 1. The third-order valence-electron chi connectivity index (χ3n) is 4.02. The molecule has 2 aromatic rings. The molecule has 27 heavy (non-hydrogen) atoms. The van der Waals surface area contributed by atoms with Gasteiger partial charge in [-0.1, -0.05) is 11.6 Å². The number of nitro groups is 1. The van der Waals surface area contributed by atoms with Crippen molar-refractivity contribution in [1.29, 1.82) is 0 Å². The molecule has 1 aromatic heterocycles. The Labute approximate surface area is 161 Å². The van der Waals surface area contributed by atoms with Gasteiger partial charge in [0.1, 0.15) is 5.00 Å². The predicted molar refractivity (Wildman–Crippen MR) is 99.5 cm³/mol. The molecular weight excluding hydrogens is 396 g/mol. The Morgan fingerprint density at radius 2 is 1.96 bits per heavy atom. The van der Waals surface area contributed by atoms with E-state index in [0.717, 1.165) is 29.3 Å². The molecule has 0 spiro atoms. The Balaban J connectivity index is 1.95. The maximum Gasteiger partial charge on any atom is 0.319 e. The number of imide groups is 1. The van der Waals surface area contributed by atoms with E-state index in [9.17, 15) is 24.5 Å². The Bertz CT molecular complexity index is 987. The number of anilines is 1. The largest absolute Gasteiger partial charge is 0.351 e. The topological polar surface area (TPSA) is 144 Å². The number of carbonyl (C=O) groups excluding carboxylic acids is 3. The zero-order valence-corrected chi connectivity index (χ0v) is 15.3. The number of hydrogen-bond donors (Lipinski definition) is 3. The van der Waals surface area contributed by atoms with Gasteiger partial charge in [-0.05, 0) is 30.9 Å². The van der Waals surface area contributed by atoms with E-state index in [0.29, 0.717) is 6.42 Å². The number of amides is 4. The molecule has 140 valence electrons. The molecule has 0 bridgehead atoms. The van der Waals surface area contributed by atoms with Crippen LogP contribution in [0.4, 0.5) is 15.5 Å². The molecule has 1 aromatic carbocycles. The van der Waals surface area contributed by atoms with Crippen LogP contribution < -0.4 is 16.4 Å². The van der Waals surface area contributed by atoms with Crippen LogP contribution in [0.15, 0.2) is 18.2 Å². The molecule has 4 amide bonds. The van der Waals surface area contributed by atoms with Gasteiger partial charge in [0, 0.05) is 17.0 Å². The van der Waals surface area contributed by atoms with E-state index in [1.807, 2.05) is 5.32 Å². The van der Waals surface area contributed by atoms with E-state index in [-0.39, 0.29) is 26.8 Å². The Morgan fingerprint density at radius 1 is 1.22 bits per heavy atom. The van der Waals surface area contributed by atoms with Gasteiger partial charge in [-0.15, -0.1) is 11.3 Å². The minimum atomic E-state index is -1.00. The first kappa shape index (κ1) is 18.8. The summed E-state index contributed by atoms with van der Waals surface area (Å²) in [5.41, 5.74) is 5.58. The Kier molecular flexibility index (Phi) is 5.10. The monoisotopic (exact) mass is 408 g/mol. The van der Waals surface area contributed by atoms with Crippen LogP contribution in [-0.4, -0.2) is 22.8 Å².